The number of carbonyl (C=O) groups is 1. The zero-order chi connectivity index (χ0) is 19.4. The number of rotatable bonds is 5. The van der Waals surface area contributed by atoms with E-state index in [0.29, 0.717) is 10.8 Å². The molecular weight excluding hydrogens is 363 g/mol. The minimum absolute atomic E-state index is 0.260. The van der Waals surface area contributed by atoms with Crippen LogP contribution >= 0.6 is 11.3 Å². The topological polar surface area (TPSA) is 51.2 Å². The monoisotopic (exact) mass is 382 g/mol. The highest BCUT2D eigenvalue weighted by atomic mass is 32.1. The lowest BCUT2D eigenvalue weighted by Crippen LogP contribution is -2.07. The molecule has 2 aromatic carbocycles. The van der Waals surface area contributed by atoms with Crippen LogP contribution in [-0.4, -0.2) is 18.0 Å². The molecule has 3 aromatic rings. The number of amides is 1. The molecule has 0 radical (unpaired) electrons. The van der Waals surface area contributed by atoms with Gasteiger partial charge in [-0.3, -0.25) is 10.1 Å². The minimum Gasteiger partial charge on any atom is -0.497 e. The summed E-state index contributed by atoms with van der Waals surface area (Å²) >= 11 is 1.32. The van der Waals surface area contributed by atoms with Gasteiger partial charge in [0.1, 0.15) is 11.6 Å². The van der Waals surface area contributed by atoms with Crippen LogP contribution in [-0.2, 0) is 4.79 Å². The van der Waals surface area contributed by atoms with Gasteiger partial charge in [0.15, 0.2) is 5.13 Å². The summed E-state index contributed by atoms with van der Waals surface area (Å²) in [7, 11) is 1.63. The fourth-order valence-corrected chi connectivity index (χ4v) is 3.43. The molecule has 1 heterocycles. The number of hydrogen-bond donors (Lipinski definition) is 1. The molecule has 3 rings (SSSR count). The van der Waals surface area contributed by atoms with Crippen molar-refractivity contribution in [2.75, 3.05) is 12.4 Å². The van der Waals surface area contributed by atoms with Gasteiger partial charge in [-0.2, -0.15) is 0 Å². The first kappa shape index (κ1) is 18.8. The van der Waals surface area contributed by atoms with E-state index in [1.807, 2.05) is 31.4 Å². The molecular formula is C21H19FN2O2S. The minimum atomic E-state index is -0.295. The highest BCUT2D eigenvalue weighted by Gasteiger charge is 2.08. The van der Waals surface area contributed by atoms with Crippen molar-refractivity contribution in [1.29, 1.82) is 0 Å². The van der Waals surface area contributed by atoms with Crippen molar-refractivity contribution in [1.82, 2.24) is 4.98 Å². The lowest BCUT2D eigenvalue weighted by atomic mass is 10.0. The second-order valence-electron chi connectivity index (χ2n) is 6.04. The largest absolute Gasteiger partial charge is 0.497 e. The van der Waals surface area contributed by atoms with Crippen LogP contribution in [0.1, 0.15) is 16.7 Å². The molecule has 0 aliphatic carbocycles. The third-order valence-corrected chi connectivity index (χ3v) is 4.84. The zero-order valence-electron chi connectivity index (χ0n) is 15.2. The van der Waals surface area contributed by atoms with E-state index in [-0.39, 0.29) is 11.7 Å². The van der Waals surface area contributed by atoms with Crippen LogP contribution in [0.25, 0.3) is 17.3 Å². The molecule has 138 valence electrons. The quantitative estimate of drug-likeness (QED) is 0.615. The Balaban J connectivity index is 1.70. The number of ether oxygens (including phenoxy) is 1. The summed E-state index contributed by atoms with van der Waals surface area (Å²) in [5.74, 6) is 0.240. The van der Waals surface area contributed by atoms with E-state index in [4.69, 9.17) is 4.74 Å². The van der Waals surface area contributed by atoms with Gasteiger partial charge in [-0.15, -0.1) is 11.3 Å². The Bertz CT molecular complexity index is 971. The molecule has 1 aromatic heterocycles. The number of halogens is 1. The number of carbonyl (C=O) groups excluding carboxylic acids is 1. The first-order valence-corrected chi connectivity index (χ1v) is 9.20. The summed E-state index contributed by atoms with van der Waals surface area (Å²) in [4.78, 5) is 16.6. The summed E-state index contributed by atoms with van der Waals surface area (Å²) in [6, 6.07) is 9.95. The van der Waals surface area contributed by atoms with E-state index in [2.05, 4.69) is 10.3 Å². The summed E-state index contributed by atoms with van der Waals surface area (Å²) in [6.07, 6.45) is 3.27. The first-order chi connectivity index (χ1) is 13.0. The molecule has 27 heavy (non-hydrogen) atoms. The van der Waals surface area contributed by atoms with Crippen molar-refractivity contribution in [3.8, 4) is 17.0 Å². The molecule has 0 unspecified atom stereocenters. The van der Waals surface area contributed by atoms with Gasteiger partial charge in [-0.1, -0.05) is 0 Å². The second-order valence-corrected chi connectivity index (χ2v) is 6.90. The van der Waals surface area contributed by atoms with Crippen molar-refractivity contribution in [3.05, 3.63) is 70.4 Å². The van der Waals surface area contributed by atoms with Crippen molar-refractivity contribution >= 4 is 28.5 Å². The summed E-state index contributed by atoms with van der Waals surface area (Å²) in [6.45, 7) is 3.95. The molecule has 1 N–H and O–H groups in total. The Hall–Kier alpha value is -2.99. The maximum Gasteiger partial charge on any atom is 0.250 e. The third-order valence-electron chi connectivity index (χ3n) is 4.08. The Morgan fingerprint density at radius 1 is 1.19 bits per heavy atom. The molecule has 0 spiro atoms. The summed E-state index contributed by atoms with van der Waals surface area (Å²) in [5, 5.41) is 5.07. The SMILES string of the molecule is COc1cc(C)c(/C=C/C(=O)Nc2nc(-c3ccc(F)cc3)cs2)c(C)c1. The number of hydrogen-bond acceptors (Lipinski definition) is 4. The Labute approximate surface area is 161 Å². The second kappa shape index (κ2) is 8.14. The van der Waals surface area contributed by atoms with Gasteiger partial charge in [0.25, 0.3) is 0 Å². The van der Waals surface area contributed by atoms with Crippen LogP contribution < -0.4 is 10.1 Å². The molecule has 0 atom stereocenters. The van der Waals surface area contributed by atoms with E-state index in [9.17, 15) is 9.18 Å². The van der Waals surface area contributed by atoms with E-state index < -0.39 is 0 Å². The zero-order valence-corrected chi connectivity index (χ0v) is 16.1. The van der Waals surface area contributed by atoms with E-state index in [1.165, 1.54) is 29.5 Å². The van der Waals surface area contributed by atoms with Crippen LogP contribution in [0.4, 0.5) is 9.52 Å². The Kier molecular flexibility index (Phi) is 5.66. The van der Waals surface area contributed by atoms with Gasteiger partial charge >= 0.3 is 0 Å². The predicted octanol–water partition coefficient (Wildman–Crippen LogP) is 5.23. The first-order valence-electron chi connectivity index (χ1n) is 8.32. The molecule has 0 saturated carbocycles. The van der Waals surface area contributed by atoms with E-state index in [0.717, 1.165) is 28.0 Å². The average Bonchev–Trinajstić information content (AvgIpc) is 3.09. The average molecular weight is 382 g/mol. The highest BCUT2D eigenvalue weighted by Crippen LogP contribution is 2.25. The Morgan fingerprint density at radius 2 is 1.85 bits per heavy atom. The van der Waals surface area contributed by atoms with Gasteiger partial charge < -0.3 is 4.74 Å². The van der Waals surface area contributed by atoms with Crippen LogP contribution in [0.2, 0.25) is 0 Å². The number of methoxy groups -OCH3 is 1. The molecule has 6 heteroatoms. The fraction of sp³-hybridized carbons (Fsp3) is 0.143. The van der Waals surface area contributed by atoms with Gasteiger partial charge in [0.2, 0.25) is 5.91 Å². The molecule has 0 aliphatic heterocycles. The highest BCUT2D eigenvalue weighted by molar-refractivity contribution is 7.14. The molecule has 4 nitrogen and oxygen atoms in total. The van der Waals surface area contributed by atoms with Gasteiger partial charge in [-0.05, 0) is 73.0 Å². The van der Waals surface area contributed by atoms with Crippen molar-refractivity contribution < 1.29 is 13.9 Å². The predicted molar refractivity (Wildman–Crippen MR) is 108 cm³/mol. The van der Waals surface area contributed by atoms with Gasteiger partial charge in [0, 0.05) is 17.0 Å². The number of nitrogens with one attached hydrogen (secondary N) is 1. The molecule has 0 bridgehead atoms. The molecule has 0 saturated heterocycles. The maximum atomic E-state index is 13.0. The van der Waals surface area contributed by atoms with Gasteiger partial charge in [-0.25, -0.2) is 9.37 Å². The number of anilines is 1. The normalized spacial score (nSPS) is 11.0. The fourth-order valence-electron chi connectivity index (χ4n) is 2.71. The lowest BCUT2D eigenvalue weighted by molar-refractivity contribution is -0.111. The number of benzene rings is 2. The summed E-state index contributed by atoms with van der Waals surface area (Å²) in [5.41, 5.74) is 4.54. The van der Waals surface area contributed by atoms with Crippen molar-refractivity contribution in [3.63, 3.8) is 0 Å². The lowest BCUT2D eigenvalue weighted by Gasteiger charge is -2.08. The van der Waals surface area contributed by atoms with E-state index >= 15 is 0 Å². The van der Waals surface area contributed by atoms with Crippen LogP contribution in [0.5, 0.6) is 5.75 Å². The molecule has 1 amide bonds. The van der Waals surface area contributed by atoms with Crippen LogP contribution in [0.15, 0.2) is 47.9 Å². The third kappa shape index (κ3) is 4.60. The molecule has 0 aliphatic rings. The van der Waals surface area contributed by atoms with Gasteiger partial charge in [0.05, 0.1) is 12.8 Å². The van der Waals surface area contributed by atoms with E-state index in [1.54, 1.807) is 25.3 Å². The smallest absolute Gasteiger partial charge is 0.250 e. The Morgan fingerprint density at radius 3 is 2.48 bits per heavy atom. The number of aryl methyl sites for hydroxylation is 2. The molecule has 0 fully saturated rings. The standard InChI is InChI=1S/C21H19FN2O2S/c1-13-10-17(26-3)11-14(2)18(13)8-9-20(25)24-21-23-19(12-27-21)15-4-6-16(22)7-5-15/h4-12H,1-3H3,(H,23,24,25)/b9-8+. The maximum absolute atomic E-state index is 13.0. The number of thiazole rings is 1. The summed E-state index contributed by atoms with van der Waals surface area (Å²) < 4.78 is 18.3. The number of nitrogens with zero attached hydrogens (tertiary/aromatic N) is 1. The van der Waals surface area contributed by atoms with Crippen molar-refractivity contribution in [2.24, 2.45) is 0 Å². The van der Waals surface area contributed by atoms with Crippen molar-refractivity contribution in [2.45, 2.75) is 13.8 Å². The van der Waals surface area contributed by atoms with Crippen LogP contribution in [0, 0.1) is 19.7 Å². The van der Waals surface area contributed by atoms with Crippen LogP contribution in [0.3, 0.4) is 0 Å². The number of aromatic nitrogens is 1.